The van der Waals surface area contributed by atoms with Crippen molar-refractivity contribution in [2.24, 2.45) is 11.8 Å². The van der Waals surface area contributed by atoms with E-state index >= 15 is 0 Å². The number of nitrogens with one attached hydrogen (secondary N) is 1. The van der Waals surface area contributed by atoms with Crippen LogP contribution in [0.4, 0.5) is 11.4 Å². The highest BCUT2D eigenvalue weighted by Crippen LogP contribution is 2.48. The van der Waals surface area contributed by atoms with Crippen molar-refractivity contribution in [3.05, 3.63) is 72.3 Å². The molecule has 6 heteroatoms. The average Bonchev–Trinajstić information content (AvgIpc) is 3.35. The van der Waals surface area contributed by atoms with Crippen molar-refractivity contribution < 1.29 is 19.7 Å². The Hall–Kier alpha value is -3.51. The van der Waals surface area contributed by atoms with Gasteiger partial charge in [-0.25, -0.2) is 4.90 Å². The van der Waals surface area contributed by atoms with Gasteiger partial charge in [0.1, 0.15) is 11.8 Å². The first-order chi connectivity index (χ1) is 14.1. The van der Waals surface area contributed by atoms with Gasteiger partial charge in [-0.3, -0.25) is 14.4 Å². The summed E-state index contributed by atoms with van der Waals surface area (Å²) < 4.78 is 0. The molecular formula is C23H18N3O3+. The molecule has 0 aromatic heterocycles. The summed E-state index contributed by atoms with van der Waals surface area (Å²) in [6.45, 7) is 0.415. The van der Waals surface area contributed by atoms with E-state index in [-0.39, 0.29) is 17.7 Å². The molecular weight excluding hydrogens is 366 g/mol. The zero-order chi connectivity index (χ0) is 19.8. The third-order valence-corrected chi connectivity index (χ3v) is 6.61. The molecule has 3 heterocycles. The van der Waals surface area contributed by atoms with Crippen LogP contribution in [0.25, 0.3) is 10.8 Å². The van der Waals surface area contributed by atoms with Gasteiger partial charge in [0, 0.05) is 10.9 Å². The zero-order valence-electron chi connectivity index (χ0n) is 15.5. The van der Waals surface area contributed by atoms with Crippen molar-refractivity contribution in [1.82, 2.24) is 0 Å². The lowest BCUT2D eigenvalue weighted by atomic mass is 9.77. The normalized spacial score (nSPS) is 27.6. The van der Waals surface area contributed by atoms with Crippen LogP contribution in [0.3, 0.4) is 0 Å². The van der Waals surface area contributed by atoms with Gasteiger partial charge in [0.2, 0.25) is 17.4 Å². The van der Waals surface area contributed by atoms with Crippen LogP contribution < -0.4 is 15.5 Å². The zero-order valence-corrected chi connectivity index (χ0v) is 15.5. The maximum Gasteiger partial charge on any atom is 0.291 e. The van der Waals surface area contributed by atoms with Gasteiger partial charge >= 0.3 is 0 Å². The minimum atomic E-state index is -1.08. The molecule has 2 fully saturated rings. The van der Waals surface area contributed by atoms with E-state index in [1.165, 1.54) is 4.90 Å². The number of nitrogens with two attached hydrogens (primary N) is 1. The largest absolute Gasteiger partial charge is 0.328 e. The van der Waals surface area contributed by atoms with E-state index in [1.807, 2.05) is 66.0 Å². The fourth-order valence-electron chi connectivity index (χ4n) is 5.37. The first-order valence-corrected chi connectivity index (χ1v) is 9.74. The minimum absolute atomic E-state index is 0.216. The first kappa shape index (κ1) is 16.4. The van der Waals surface area contributed by atoms with Crippen molar-refractivity contribution in [2.75, 3.05) is 16.8 Å². The maximum atomic E-state index is 13.7. The summed E-state index contributed by atoms with van der Waals surface area (Å²) in [6, 6.07) is 20.8. The molecule has 3 N–H and O–H groups in total. The molecule has 3 aliphatic heterocycles. The van der Waals surface area contributed by atoms with Gasteiger partial charge < -0.3 is 10.6 Å². The Balaban J connectivity index is 1.52. The molecule has 0 bridgehead atoms. The minimum Gasteiger partial charge on any atom is -0.328 e. The summed E-state index contributed by atoms with van der Waals surface area (Å²) in [7, 11) is 0. The van der Waals surface area contributed by atoms with E-state index in [0.717, 1.165) is 22.0 Å². The number of quaternary nitrogens is 1. The lowest BCUT2D eigenvalue weighted by Crippen LogP contribution is -2.95. The van der Waals surface area contributed by atoms with Crippen molar-refractivity contribution in [1.29, 1.82) is 0 Å². The van der Waals surface area contributed by atoms with Crippen molar-refractivity contribution >= 4 is 39.9 Å². The molecule has 0 saturated carbocycles. The Morgan fingerprint density at radius 3 is 2.55 bits per heavy atom. The molecule has 0 radical (unpaired) electrons. The van der Waals surface area contributed by atoms with E-state index in [1.54, 1.807) is 6.07 Å². The van der Waals surface area contributed by atoms with E-state index in [4.69, 9.17) is 0 Å². The number of amides is 3. The smallest absolute Gasteiger partial charge is 0.291 e. The van der Waals surface area contributed by atoms with Crippen LogP contribution in [0.1, 0.15) is 5.56 Å². The summed E-state index contributed by atoms with van der Waals surface area (Å²) >= 11 is 0. The Kier molecular flexibility index (Phi) is 3.13. The quantitative estimate of drug-likeness (QED) is 0.622. The van der Waals surface area contributed by atoms with E-state index < -0.39 is 17.4 Å². The van der Waals surface area contributed by atoms with Crippen LogP contribution in [-0.4, -0.2) is 24.3 Å². The molecule has 142 valence electrons. The van der Waals surface area contributed by atoms with Crippen molar-refractivity contribution in [3.8, 4) is 0 Å². The second kappa shape index (κ2) is 5.52. The number of carbonyl (C=O) groups excluding carboxylic acids is 3. The highest BCUT2D eigenvalue weighted by molar-refractivity contribution is 6.27. The standard InChI is InChI=1S/C23H17N3O3/c27-20-15-12-24-23(16-9-3-4-10-17(16)25-22(23)29)19(15)21(28)26(20)18-11-5-7-13-6-1-2-8-14(13)18/h1-11,15,19,24H,12H2,(H,25,29)/p+1/t15-,19+,23-/m1/s1. The number of hydrogen-bond donors (Lipinski definition) is 2. The molecule has 0 aliphatic carbocycles. The predicted molar refractivity (Wildman–Crippen MR) is 107 cm³/mol. The fourth-order valence-corrected chi connectivity index (χ4v) is 5.37. The molecule has 6 rings (SSSR count). The molecule has 3 amide bonds. The van der Waals surface area contributed by atoms with Crippen molar-refractivity contribution in [2.45, 2.75) is 5.54 Å². The average molecular weight is 384 g/mol. The molecule has 3 aromatic carbocycles. The molecule has 1 spiro atoms. The summed E-state index contributed by atoms with van der Waals surface area (Å²) in [6.07, 6.45) is 0. The number of benzene rings is 3. The van der Waals surface area contributed by atoms with Crippen LogP contribution in [0, 0.1) is 11.8 Å². The summed E-state index contributed by atoms with van der Waals surface area (Å²) in [5.41, 5.74) is 1.03. The highest BCUT2D eigenvalue weighted by atomic mass is 16.2. The molecule has 3 aliphatic rings. The first-order valence-electron chi connectivity index (χ1n) is 9.74. The van der Waals surface area contributed by atoms with Gasteiger partial charge in [-0.05, 0) is 17.5 Å². The van der Waals surface area contributed by atoms with Gasteiger partial charge in [0.15, 0.2) is 0 Å². The topological polar surface area (TPSA) is 83.1 Å². The van der Waals surface area contributed by atoms with Gasteiger partial charge in [0.05, 0.1) is 17.9 Å². The second-order valence-corrected chi connectivity index (χ2v) is 7.90. The molecule has 3 aromatic rings. The number of rotatable bonds is 1. The Morgan fingerprint density at radius 2 is 1.66 bits per heavy atom. The Morgan fingerprint density at radius 1 is 0.897 bits per heavy atom. The SMILES string of the molecule is O=C1[C@@H]2[C@@H](C[NH2+][C@@]23C(=O)Nc2ccccc23)C(=O)N1c1cccc2ccccc12. The Bertz CT molecular complexity index is 1230. The maximum absolute atomic E-state index is 13.7. The highest BCUT2D eigenvalue weighted by Gasteiger charge is 2.71. The third-order valence-electron chi connectivity index (χ3n) is 6.61. The number of imide groups is 1. The van der Waals surface area contributed by atoms with Crippen LogP contribution in [0.15, 0.2) is 66.7 Å². The number of carbonyl (C=O) groups is 3. The predicted octanol–water partition coefficient (Wildman–Crippen LogP) is 1.37. The molecule has 0 unspecified atom stereocenters. The third kappa shape index (κ3) is 1.91. The van der Waals surface area contributed by atoms with Gasteiger partial charge in [-0.1, -0.05) is 54.6 Å². The fraction of sp³-hybridized carbons (Fsp3) is 0.174. The second-order valence-electron chi connectivity index (χ2n) is 7.90. The molecule has 2 saturated heterocycles. The van der Waals surface area contributed by atoms with Crippen LogP contribution in [0.2, 0.25) is 0 Å². The van der Waals surface area contributed by atoms with Crippen LogP contribution in [-0.2, 0) is 19.9 Å². The van der Waals surface area contributed by atoms with E-state index in [0.29, 0.717) is 12.2 Å². The van der Waals surface area contributed by atoms with Crippen LogP contribution in [0.5, 0.6) is 0 Å². The van der Waals surface area contributed by atoms with E-state index in [9.17, 15) is 14.4 Å². The summed E-state index contributed by atoms with van der Waals surface area (Å²) in [4.78, 5) is 41.4. The Labute approximate surface area is 166 Å². The number of nitrogens with zero attached hydrogens (tertiary/aromatic N) is 1. The van der Waals surface area contributed by atoms with E-state index in [2.05, 4.69) is 5.32 Å². The number of para-hydroxylation sites is 1. The van der Waals surface area contributed by atoms with Crippen LogP contribution >= 0.6 is 0 Å². The summed E-state index contributed by atoms with van der Waals surface area (Å²) in [5.74, 6) is -1.96. The molecule has 3 atom stereocenters. The molecule has 6 nitrogen and oxygen atoms in total. The number of anilines is 2. The summed E-state index contributed by atoms with van der Waals surface area (Å²) in [5, 5.41) is 6.60. The number of fused-ring (bicyclic) bond motifs is 5. The monoisotopic (exact) mass is 384 g/mol. The van der Waals surface area contributed by atoms with Gasteiger partial charge in [-0.15, -0.1) is 0 Å². The molecule has 29 heavy (non-hydrogen) atoms. The lowest BCUT2D eigenvalue weighted by Gasteiger charge is -2.25. The van der Waals surface area contributed by atoms with Gasteiger partial charge in [-0.2, -0.15) is 0 Å². The number of hydrogen-bond acceptors (Lipinski definition) is 3. The lowest BCUT2D eigenvalue weighted by molar-refractivity contribution is -0.703. The van der Waals surface area contributed by atoms with Crippen molar-refractivity contribution in [3.63, 3.8) is 0 Å². The van der Waals surface area contributed by atoms with Gasteiger partial charge in [0.25, 0.3) is 5.91 Å².